The van der Waals surface area contributed by atoms with Crippen molar-refractivity contribution in [1.82, 2.24) is 29.7 Å². The second-order valence-electron chi connectivity index (χ2n) is 6.55. The van der Waals surface area contributed by atoms with Crippen LogP contribution in [0.25, 0.3) is 22.5 Å². The number of amides is 1. The third-order valence-electron chi connectivity index (χ3n) is 4.57. The number of benzene rings is 1. The molecular weight excluding hydrogens is 400 g/mol. The number of aromatic nitrogens is 5. The number of nitrogens with one attached hydrogen (secondary N) is 1. The molecule has 4 rings (SSSR count). The van der Waals surface area contributed by atoms with Gasteiger partial charge in [-0.25, -0.2) is 0 Å². The molecule has 0 saturated heterocycles. The Labute approximate surface area is 177 Å². The molecule has 8 nitrogen and oxygen atoms in total. The molecule has 9 heteroatoms. The second-order valence-corrected chi connectivity index (χ2v) is 7.31. The third-order valence-corrected chi connectivity index (χ3v) is 5.40. The number of pyridine rings is 1. The van der Waals surface area contributed by atoms with Crippen LogP contribution in [0.3, 0.4) is 0 Å². The number of carbonyl (C=O) groups excluding carboxylic acids is 1. The average molecular weight is 420 g/mol. The molecule has 0 unspecified atom stereocenters. The summed E-state index contributed by atoms with van der Waals surface area (Å²) >= 11 is 1.09. The van der Waals surface area contributed by atoms with Crippen molar-refractivity contribution in [2.45, 2.75) is 13.5 Å². The van der Waals surface area contributed by atoms with Crippen molar-refractivity contribution >= 4 is 17.4 Å². The van der Waals surface area contributed by atoms with E-state index in [1.165, 1.54) is 0 Å². The van der Waals surface area contributed by atoms with Gasteiger partial charge < -0.3 is 10.1 Å². The van der Waals surface area contributed by atoms with E-state index in [4.69, 9.17) is 9.84 Å². The van der Waals surface area contributed by atoms with Gasteiger partial charge in [-0.3, -0.25) is 14.5 Å². The number of aryl methyl sites for hydroxylation is 1. The van der Waals surface area contributed by atoms with Crippen LogP contribution in [0.5, 0.6) is 5.75 Å². The number of carbonyl (C=O) groups is 1. The summed E-state index contributed by atoms with van der Waals surface area (Å²) in [5, 5.41) is 11.6. The molecule has 3 aromatic heterocycles. The number of ether oxygens (including phenoxy) is 1. The first-order valence-corrected chi connectivity index (χ1v) is 10.1. The first-order valence-electron chi connectivity index (χ1n) is 9.35. The fourth-order valence-electron chi connectivity index (χ4n) is 3.05. The van der Waals surface area contributed by atoms with E-state index in [2.05, 4.69) is 19.9 Å². The predicted molar refractivity (Wildman–Crippen MR) is 114 cm³/mol. The van der Waals surface area contributed by atoms with Crippen molar-refractivity contribution in [3.05, 3.63) is 65.4 Å². The van der Waals surface area contributed by atoms with Crippen LogP contribution in [0.15, 0.2) is 54.9 Å². The maximum absolute atomic E-state index is 12.3. The van der Waals surface area contributed by atoms with Crippen molar-refractivity contribution in [3.63, 3.8) is 0 Å². The van der Waals surface area contributed by atoms with Crippen molar-refractivity contribution in [3.8, 4) is 28.3 Å². The smallest absolute Gasteiger partial charge is 0.265 e. The molecule has 0 radical (unpaired) electrons. The summed E-state index contributed by atoms with van der Waals surface area (Å²) in [4.78, 5) is 17.1. The van der Waals surface area contributed by atoms with Crippen molar-refractivity contribution in [2.24, 2.45) is 0 Å². The van der Waals surface area contributed by atoms with Crippen molar-refractivity contribution in [2.75, 3.05) is 13.7 Å². The van der Waals surface area contributed by atoms with Gasteiger partial charge in [-0.2, -0.15) is 5.10 Å². The monoisotopic (exact) mass is 420 g/mol. The molecule has 0 saturated carbocycles. The van der Waals surface area contributed by atoms with E-state index < -0.39 is 0 Å². The highest BCUT2D eigenvalue weighted by Gasteiger charge is 2.15. The third kappa shape index (κ3) is 4.20. The largest absolute Gasteiger partial charge is 0.497 e. The topological polar surface area (TPSA) is 94.8 Å². The second kappa shape index (κ2) is 8.83. The van der Waals surface area contributed by atoms with Gasteiger partial charge in [0.05, 0.1) is 30.7 Å². The Balaban J connectivity index is 1.59. The highest BCUT2D eigenvalue weighted by Crippen LogP contribution is 2.28. The van der Waals surface area contributed by atoms with Gasteiger partial charge in [0.25, 0.3) is 5.91 Å². The van der Waals surface area contributed by atoms with Gasteiger partial charge in [-0.05, 0) is 48.8 Å². The number of nitrogens with zero attached hydrogens (tertiary/aromatic N) is 5. The SMILES string of the molecule is COc1cccc(-c2cc(-c3cccnc3)nn2CCNC(=O)c2snnc2C)c1. The molecular formula is C21H20N6O2S. The van der Waals surface area contributed by atoms with Crippen LogP contribution in [0.2, 0.25) is 0 Å². The van der Waals surface area contributed by atoms with Gasteiger partial charge in [-0.15, -0.1) is 5.10 Å². The number of rotatable bonds is 7. The summed E-state index contributed by atoms with van der Waals surface area (Å²) in [6.45, 7) is 2.69. The lowest BCUT2D eigenvalue weighted by Gasteiger charge is -2.09. The van der Waals surface area contributed by atoms with Crippen LogP contribution in [-0.4, -0.2) is 43.9 Å². The van der Waals surface area contributed by atoms with E-state index in [1.54, 1.807) is 26.4 Å². The van der Waals surface area contributed by atoms with Crippen LogP contribution in [0, 0.1) is 6.92 Å². The Morgan fingerprint density at radius 2 is 2.07 bits per heavy atom. The Hall–Kier alpha value is -3.59. The van der Waals surface area contributed by atoms with Gasteiger partial charge in [0.15, 0.2) is 0 Å². The molecule has 4 aromatic rings. The fraction of sp³-hybridized carbons (Fsp3) is 0.190. The number of hydrogen-bond donors (Lipinski definition) is 1. The zero-order valence-corrected chi connectivity index (χ0v) is 17.4. The van der Waals surface area contributed by atoms with Gasteiger partial charge in [0.1, 0.15) is 10.6 Å². The molecule has 30 heavy (non-hydrogen) atoms. The first kappa shape index (κ1) is 19.7. The lowest BCUT2D eigenvalue weighted by atomic mass is 10.1. The zero-order chi connectivity index (χ0) is 20.9. The van der Waals surface area contributed by atoms with Crippen molar-refractivity contribution in [1.29, 1.82) is 0 Å². The van der Waals surface area contributed by atoms with E-state index >= 15 is 0 Å². The summed E-state index contributed by atoms with van der Waals surface area (Å²) in [7, 11) is 1.64. The minimum atomic E-state index is -0.176. The Morgan fingerprint density at radius 3 is 2.80 bits per heavy atom. The van der Waals surface area contributed by atoms with Gasteiger partial charge in [-0.1, -0.05) is 16.6 Å². The van der Waals surface area contributed by atoms with Crippen LogP contribution in [0.1, 0.15) is 15.4 Å². The molecule has 0 spiro atoms. The average Bonchev–Trinajstić information content (AvgIpc) is 3.41. The quantitative estimate of drug-likeness (QED) is 0.493. The lowest BCUT2D eigenvalue weighted by molar-refractivity contribution is 0.0955. The number of methoxy groups -OCH3 is 1. The van der Waals surface area contributed by atoms with Crippen LogP contribution >= 0.6 is 11.5 Å². The standard InChI is InChI=1S/C21H20N6O2S/c1-14-20(30-26-24-14)21(28)23-9-10-27-19(15-5-3-7-17(11-15)29-2)12-18(25-27)16-6-4-8-22-13-16/h3-8,11-13H,9-10H2,1-2H3,(H,23,28). The minimum Gasteiger partial charge on any atom is -0.497 e. The van der Waals surface area contributed by atoms with Gasteiger partial charge >= 0.3 is 0 Å². The summed E-state index contributed by atoms with van der Waals surface area (Å²) in [5.41, 5.74) is 4.28. The Morgan fingerprint density at radius 1 is 1.20 bits per heavy atom. The minimum absolute atomic E-state index is 0.176. The molecule has 0 aliphatic rings. The summed E-state index contributed by atoms with van der Waals surface area (Å²) in [6, 6.07) is 13.7. The molecule has 0 bridgehead atoms. The zero-order valence-electron chi connectivity index (χ0n) is 16.6. The maximum atomic E-state index is 12.3. The van der Waals surface area contributed by atoms with Crippen molar-refractivity contribution < 1.29 is 9.53 Å². The lowest BCUT2D eigenvalue weighted by Crippen LogP contribution is -2.27. The molecule has 1 N–H and O–H groups in total. The van der Waals surface area contributed by atoms with Gasteiger partial charge in [0, 0.05) is 30.1 Å². The Bertz CT molecular complexity index is 1160. The summed E-state index contributed by atoms with van der Waals surface area (Å²) in [5.74, 6) is 0.592. The molecule has 0 fully saturated rings. The van der Waals surface area contributed by atoms with Crippen LogP contribution in [-0.2, 0) is 6.54 Å². The van der Waals surface area contributed by atoms with E-state index in [9.17, 15) is 4.79 Å². The van der Waals surface area contributed by atoms with Crippen LogP contribution in [0.4, 0.5) is 0 Å². The molecule has 1 amide bonds. The van der Waals surface area contributed by atoms with Gasteiger partial charge in [0.2, 0.25) is 0 Å². The number of hydrogen-bond acceptors (Lipinski definition) is 7. The summed E-state index contributed by atoms with van der Waals surface area (Å²) < 4.78 is 11.1. The highest BCUT2D eigenvalue weighted by atomic mass is 32.1. The molecule has 0 aliphatic heterocycles. The normalized spacial score (nSPS) is 10.7. The predicted octanol–water partition coefficient (Wildman–Crippen LogP) is 3.21. The first-order chi connectivity index (χ1) is 14.7. The maximum Gasteiger partial charge on any atom is 0.265 e. The van der Waals surface area contributed by atoms with E-state index in [0.29, 0.717) is 23.7 Å². The molecule has 3 heterocycles. The van der Waals surface area contributed by atoms with E-state index in [-0.39, 0.29) is 5.91 Å². The van der Waals surface area contributed by atoms with E-state index in [0.717, 1.165) is 39.8 Å². The Kier molecular flexibility index (Phi) is 5.80. The molecule has 0 atom stereocenters. The molecule has 1 aromatic carbocycles. The summed E-state index contributed by atoms with van der Waals surface area (Å²) in [6.07, 6.45) is 3.51. The molecule has 0 aliphatic carbocycles. The van der Waals surface area contributed by atoms with Crippen LogP contribution < -0.4 is 10.1 Å². The van der Waals surface area contributed by atoms with E-state index in [1.807, 2.05) is 47.1 Å². The highest BCUT2D eigenvalue weighted by molar-refractivity contribution is 7.08. The molecule has 152 valence electrons. The fourth-order valence-corrected chi connectivity index (χ4v) is 3.63.